The van der Waals surface area contributed by atoms with Gasteiger partial charge in [0.25, 0.3) is 0 Å². The van der Waals surface area contributed by atoms with Gasteiger partial charge in [0.05, 0.1) is 24.4 Å². The lowest BCUT2D eigenvalue weighted by Gasteiger charge is -2.58. The van der Waals surface area contributed by atoms with Crippen LogP contribution in [0.3, 0.4) is 0 Å². The second-order valence-electron chi connectivity index (χ2n) is 7.50. The van der Waals surface area contributed by atoms with E-state index in [2.05, 4.69) is 13.8 Å². The summed E-state index contributed by atoms with van der Waals surface area (Å²) in [6, 6.07) is 7.93. The van der Waals surface area contributed by atoms with Crippen molar-refractivity contribution in [1.29, 1.82) is 0 Å². The van der Waals surface area contributed by atoms with Crippen LogP contribution < -0.4 is 0 Å². The zero-order chi connectivity index (χ0) is 14.7. The molecule has 3 heteroatoms. The zero-order valence-corrected chi connectivity index (χ0v) is 13.5. The number of hydrogen-bond acceptors (Lipinski definition) is 2. The Kier molecular flexibility index (Phi) is 3.15. The number of benzene rings is 1. The summed E-state index contributed by atoms with van der Waals surface area (Å²) in [5.74, 6) is 0.821. The van der Waals surface area contributed by atoms with E-state index < -0.39 is 0 Å². The van der Waals surface area contributed by atoms with E-state index in [1.807, 2.05) is 24.3 Å². The van der Waals surface area contributed by atoms with Crippen LogP contribution in [0.5, 0.6) is 0 Å². The van der Waals surface area contributed by atoms with Gasteiger partial charge in [-0.15, -0.1) is 0 Å². The molecule has 21 heavy (non-hydrogen) atoms. The standard InChI is InChI=1S/C18H23ClO2/c1-17-10-16(20-11-12-5-3-4-6-14(12)19)18(2)9-13(17)7-8-15(17)21-18/h3-6,13,15-16H,7-11H2,1-2H3/t13?,15-,16+,17+,18-/m1/s1. The van der Waals surface area contributed by atoms with Crippen LogP contribution in [0.25, 0.3) is 0 Å². The monoisotopic (exact) mass is 306 g/mol. The summed E-state index contributed by atoms with van der Waals surface area (Å²) < 4.78 is 12.7. The van der Waals surface area contributed by atoms with Crippen molar-refractivity contribution in [3.8, 4) is 0 Å². The first-order valence-corrected chi connectivity index (χ1v) is 8.42. The number of rotatable bonds is 3. The van der Waals surface area contributed by atoms with Crippen LogP contribution in [0.2, 0.25) is 5.02 Å². The molecule has 1 unspecified atom stereocenters. The average molecular weight is 307 g/mol. The maximum Gasteiger partial charge on any atom is 0.0922 e. The molecule has 0 radical (unpaired) electrons. The van der Waals surface area contributed by atoms with Crippen molar-refractivity contribution in [2.45, 2.75) is 63.9 Å². The molecule has 114 valence electrons. The molecular weight excluding hydrogens is 284 g/mol. The minimum absolute atomic E-state index is 0.106. The molecule has 0 amide bonds. The van der Waals surface area contributed by atoms with Gasteiger partial charge in [0.2, 0.25) is 0 Å². The summed E-state index contributed by atoms with van der Waals surface area (Å²) in [4.78, 5) is 0. The molecule has 0 N–H and O–H groups in total. The molecule has 2 saturated carbocycles. The molecule has 0 spiro atoms. The number of halogens is 1. The summed E-state index contributed by atoms with van der Waals surface area (Å²) in [7, 11) is 0. The van der Waals surface area contributed by atoms with Gasteiger partial charge in [-0.2, -0.15) is 0 Å². The van der Waals surface area contributed by atoms with Crippen LogP contribution in [-0.2, 0) is 16.1 Å². The molecule has 2 aliphatic heterocycles. The Bertz CT molecular complexity index is 542. The van der Waals surface area contributed by atoms with Gasteiger partial charge in [-0.1, -0.05) is 36.7 Å². The van der Waals surface area contributed by atoms with Crippen LogP contribution in [0.1, 0.15) is 45.1 Å². The average Bonchev–Trinajstić information content (AvgIpc) is 2.65. The lowest BCUT2D eigenvalue weighted by Crippen LogP contribution is -2.63. The van der Waals surface area contributed by atoms with Crippen LogP contribution in [0, 0.1) is 11.3 Å². The highest BCUT2D eigenvalue weighted by Gasteiger charge is 2.63. The first kappa shape index (κ1) is 14.0. The van der Waals surface area contributed by atoms with E-state index in [1.54, 1.807) is 0 Å². The van der Waals surface area contributed by atoms with Crippen molar-refractivity contribution in [3.05, 3.63) is 34.9 Å². The quantitative estimate of drug-likeness (QED) is 0.813. The van der Waals surface area contributed by atoms with E-state index in [0.29, 0.717) is 18.1 Å². The van der Waals surface area contributed by atoms with Crippen LogP contribution in [0.4, 0.5) is 0 Å². The van der Waals surface area contributed by atoms with E-state index in [0.717, 1.165) is 29.3 Å². The fourth-order valence-corrected chi connectivity index (χ4v) is 5.02. The summed E-state index contributed by atoms with van der Waals surface area (Å²) in [6.45, 7) is 5.23. The maximum atomic E-state index is 6.44. The smallest absolute Gasteiger partial charge is 0.0922 e. The van der Waals surface area contributed by atoms with Crippen molar-refractivity contribution < 1.29 is 9.47 Å². The minimum atomic E-state index is -0.106. The fraction of sp³-hybridized carbons (Fsp3) is 0.667. The largest absolute Gasteiger partial charge is 0.370 e. The number of fused-ring (bicyclic) bond motifs is 1. The van der Waals surface area contributed by atoms with Gasteiger partial charge in [0.1, 0.15) is 0 Å². The van der Waals surface area contributed by atoms with E-state index in [-0.39, 0.29) is 11.7 Å². The Morgan fingerprint density at radius 3 is 2.81 bits per heavy atom. The molecule has 2 aliphatic carbocycles. The van der Waals surface area contributed by atoms with Crippen LogP contribution >= 0.6 is 11.6 Å². The Hall–Kier alpha value is -0.570. The molecular formula is C18H23ClO2. The lowest BCUT2D eigenvalue weighted by molar-refractivity contribution is -0.280. The molecule has 4 aliphatic rings. The third-order valence-electron chi connectivity index (χ3n) is 6.21. The minimum Gasteiger partial charge on any atom is -0.370 e. The van der Waals surface area contributed by atoms with Crippen molar-refractivity contribution >= 4 is 11.6 Å². The molecule has 2 nitrogen and oxygen atoms in total. The van der Waals surface area contributed by atoms with E-state index in [4.69, 9.17) is 21.1 Å². The van der Waals surface area contributed by atoms with Crippen molar-refractivity contribution in [2.24, 2.45) is 11.3 Å². The molecule has 1 aromatic rings. The summed E-state index contributed by atoms with van der Waals surface area (Å²) >= 11 is 6.23. The van der Waals surface area contributed by atoms with Gasteiger partial charge in [0.15, 0.2) is 0 Å². The maximum absolute atomic E-state index is 6.44. The number of ether oxygens (including phenoxy) is 2. The molecule has 4 bridgehead atoms. The van der Waals surface area contributed by atoms with Crippen molar-refractivity contribution in [2.75, 3.05) is 0 Å². The fourth-order valence-electron chi connectivity index (χ4n) is 4.83. The van der Waals surface area contributed by atoms with E-state index in [1.165, 1.54) is 12.8 Å². The van der Waals surface area contributed by atoms with Gasteiger partial charge in [0, 0.05) is 5.02 Å². The zero-order valence-electron chi connectivity index (χ0n) is 12.8. The summed E-state index contributed by atoms with van der Waals surface area (Å²) in [5, 5.41) is 0.788. The molecule has 5 rings (SSSR count). The van der Waals surface area contributed by atoms with Gasteiger partial charge >= 0.3 is 0 Å². The normalized spacial score (nSPS) is 44.2. The third kappa shape index (κ3) is 2.07. The van der Waals surface area contributed by atoms with Crippen LogP contribution in [0.15, 0.2) is 24.3 Å². The Balaban J connectivity index is 1.51. The first-order chi connectivity index (χ1) is 10.0. The van der Waals surface area contributed by atoms with Gasteiger partial charge in [-0.25, -0.2) is 0 Å². The lowest BCUT2D eigenvalue weighted by atomic mass is 9.60. The molecule has 4 fully saturated rings. The SMILES string of the molecule is C[C@]12CC3CC[C@@H](O1)[C@@]3(C)C[C@@H]2OCc1ccccc1Cl. The predicted octanol–water partition coefficient (Wildman–Crippen LogP) is 4.59. The second-order valence-corrected chi connectivity index (χ2v) is 7.91. The third-order valence-corrected chi connectivity index (χ3v) is 6.58. The highest BCUT2D eigenvalue weighted by Crippen LogP contribution is 2.62. The summed E-state index contributed by atoms with van der Waals surface area (Å²) in [6.07, 6.45) is 5.46. The topological polar surface area (TPSA) is 18.5 Å². The highest BCUT2D eigenvalue weighted by molar-refractivity contribution is 6.31. The van der Waals surface area contributed by atoms with Gasteiger partial charge in [-0.05, 0) is 55.6 Å². The van der Waals surface area contributed by atoms with Gasteiger partial charge < -0.3 is 9.47 Å². The predicted molar refractivity (Wildman–Crippen MR) is 83.4 cm³/mol. The molecule has 5 atom stereocenters. The molecule has 0 aromatic heterocycles. The van der Waals surface area contributed by atoms with Crippen LogP contribution in [-0.4, -0.2) is 17.8 Å². The van der Waals surface area contributed by atoms with E-state index >= 15 is 0 Å². The van der Waals surface area contributed by atoms with Crippen molar-refractivity contribution in [1.82, 2.24) is 0 Å². The Labute approximate surface area is 131 Å². The Morgan fingerprint density at radius 2 is 2.05 bits per heavy atom. The second kappa shape index (κ2) is 4.71. The Morgan fingerprint density at radius 1 is 1.24 bits per heavy atom. The molecule has 2 heterocycles. The number of hydrogen-bond donors (Lipinski definition) is 0. The molecule has 2 saturated heterocycles. The first-order valence-electron chi connectivity index (χ1n) is 8.04. The molecule has 1 aromatic carbocycles. The van der Waals surface area contributed by atoms with Crippen molar-refractivity contribution in [3.63, 3.8) is 0 Å². The highest BCUT2D eigenvalue weighted by atomic mass is 35.5. The van der Waals surface area contributed by atoms with E-state index in [9.17, 15) is 0 Å². The van der Waals surface area contributed by atoms with Gasteiger partial charge in [-0.3, -0.25) is 0 Å². The summed E-state index contributed by atoms with van der Waals surface area (Å²) in [5.41, 5.74) is 1.28.